The lowest BCUT2D eigenvalue weighted by atomic mass is 10.1. The Bertz CT molecular complexity index is 246. The first kappa shape index (κ1) is 14.9. The molecule has 1 unspecified atom stereocenters. The molecule has 0 aromatic rings. The van der Waals surface area contributed by atoms with Gasteiger partial charge in [0.2, 0.25) is 5.91 Å². The van der Waals surface area contributed by atoms with Crippen molar-refractivity contribution in [2.75, 3.05) is 13.7 Å². The van der Waals surface area contributed by atoms with Crippen molar-refractivity contribution in [3.8, 4) is 0 Å². The summed E-state index contributed by atoms with van der Waals surface area (Å²) in [6.07, 6.45) is 0.267. The van der Waals surface area contributed by atoms with Gasteiger partial charge in [0, 0.05) is 12.1 Å². The summed E-state index contributed by atoms with van der Waals surface area (Å²) in [5, 5.41) is 5.81. The summed E-state index contributed by atoms with van der Waals surface area (Å²) in [4.78, 5) is 22.4. The van der Waals surface area contributed by atoms with Crippen LogP contribution in [0.2, 0.25) is 0 Å². The molecule has 94 valence electrons. The standard InChI is InChI=1S/C11H22N2O3/c1-8(10(15)13-11(2,3)4)12-7-6-9(14)16-5/h8,12H,6-7H2,1-5H3,(H,13,15). The van der Waals surface area contributed by atoms with Crippen molar-refractivity contribution in [1.29, 1.82) is 0 Å². The molecule has 0 saturated carbocycles. The number of rotatable bonds is 5. The van der Waals surface area contributed by atoms with Crippen molar-refractivity contribution >= 4 is 11.9 Å². The van der Waals surface area contributed by atoms with Crippen LogP contribution in [0.1, 0.15) is 34.1 Å². The van der Waals surface area contributed by atoms with Gasteiger partial charge >= 0.3 is 5.97 Å². The zero-order valence-corrected chi connectivity index (χ0v) is 10.7. The second-order valence-electron chi connectivity index (χ2n) is 4.74. The maximum Gasteiger partial charge on any atom is 0.306 e. The highest BCUT2D eigenvalue weighted by Crippen LogP contribution is 1.99. The fraction of sp³-hybridized carbons (Fsp3) is 0.818. The van der Waals surface area contributed by atoms with E-state index >= 15 is 0 Å². The lowest BCUT2D eigenvalue weighted by Gasteiger charge is -2.23. The molecule has 1 amide bonds. The van der Waals surface area contributed by atoms with Crippen molar-refractivity contribution in [2.24, 2.45) is 0 Å². The fourth-order valence-corrected chi connectivity index (χ4v) is 1.06. The van der Waals surface area contributed by atoms with E-state index in [0.717, 1.165) is 0 Å². The van der Waals surface area contributed by atoms with Gasteiger partial charge in [-0.2, -0.15) is 0 Å². The molecule has 1 atom stereocenters. The summed E-state index contributed by atoms with van der Waals surface area (Å²) in [6, 6.07) is -0.316. The molecule has 0 aromatic carbocycles. The van der Waals surface area contributed by atoms with Gasteiger partial charge in [-0.3, -0.25) is 9.59 Å². The lowest BCUT2D eigenvalue weighted by Crippen LogP contribution is -2.49. The number of hydrogen-bond acceptors (Lipinski definition) is 4. The Labute approximate surface area is 96.9 Å². The third kappa shape index (κ3) is 7.23. The second kappa shape index (κ2) is 6.48. The Hall–Kier alpha value is -1.10. The molecule has 5 nitrogen and oxygen atoms in total. The molecule has 0 heterocycles. The van der Waals surface area contributed by atoms with E-state index in [1.54, 1.807) is 6.92 Å². The normalized spacial score (nSPS) is 13.1. The molecule has 0 radical (unpaired) electrons. The first-order chi connectivity index (χ1) is 7.26. The Balaban J connectivity index is 3.84. The first-order valence-corrected chi connectivity index (χ1v) is 5.38. The van der Waals surface area contributed by atoms with E-state index in [-0.39, 0.29) is 29.9 Å². The quantitative estimate of drug-likeness (QED) is 0.673. The van der Waals surface area contributed by atoms with Gasteiger partial charge < -0.3 is 15.4 Å². The van der Waals surface area contributed by atoms with Gasteiger partial charge in [0.05, 0.1) is 19.6 Å². The molecule has 0 rings (SSSR count). The molecule has 0 fully saturated rings. The van der Waals surface area contributed by atoms with Crippen LogP contribution in [0.3, 0.4) is 0 Å². The van der Waals surface area contributed by atoms with Gasteiger partial charge in [-0.25, -0.2) is 0 Å². The van der Waals surface area contributed by atoms with Crippen LogP contribution in [0.4, 0.5) is 0 Å². The maximum absolute atomic E-state index is 11.6. The summed E-state index contributed by atoms with van der Waals surface area (Å²) < 4.78 is 4.49. The molecule has 0 spiro atoms. The highest BCUT2D eigenvalue weighted by atomic mass is 16.5. The Kier molecular flexibility index (Phi) is 6.03. The third-order valence-corrected chi connectivity index (χ3v) is 1.90. The molecule has 0 bridgehead atoms. The number of methoxy groups -OCH3 is 1. The predicted octanol–water partition coefficient (Wildman–Crippen LogP) is 0.442. The number of ether oxygens (including phenoxy) is 1. The SMILES string of the molecule is COC(=O)CCNC(C)C(=O)NC(C)(C)C. The van der Waals surface area contributed by atoms with E-state index in [1.807, 2.05) is 20.8 Å². The van der Waals surface area contributed by atoms with Crippen LogP contribution in [0.25, 0.3) is 0 Å². The maximum atomic E-state index is 11.6. The number of carbonyl (C=O) groups excluding carboxylic acids is 2. The molecule has 5 heteroatoms. The van der Waals surface area contributed by atoms with Crippen molar-refractivity contribution in [1.82, 2.24) is 10.6 Å². The van der Waals surface area contributed by atoms with Crippen LogP contribution in [0, 0.1) is 0 Å². The minimum atomic E-state index is -0.316. The topological polar surface area (TPSA) is 67.4 Å². The van der Waals surface area contributed by atoms with E-state index in [0.29, 0.717) is 6.54 Å². The molecule has 0 aliphatic carbocycles. The summed E-state index contributed by atoms with van der Waals surface area (Å²) in [5.74, 6) is -0.353. The van der Waals surface area contributed by atoms with Crippen molar-refractivity contribution in [3.63, 3.8) is 0 Å². The molecule has 0 aromatic heterocycles. The first-order valence-electron chi connectivity index (χ1n) is 5.38. The number of esters is 1. The Morgan fingerprint density at radius 1 is 1.31 bits per heavy atom. The average molecular weight is 230 g/mol. The van der Waals surface area contributed by atoms with E-state index in [9.17, 15) is 9.59 Å². The number of nitrogens with one attached hydrogen (secondary N) is 2. The van der Waals surface area contributed by atoms with Crippen LogP contribution in [-0.2, 0) is 14.3 Å². The minimum absolute atomic E-state index is 0.0719. The number of amides is 1. The number of carbonyl (C=O) groups is 2. The van der Waals surface area contributed by atoms with Crippen molar-refractivity contribution in [3.05, 3.63) is 0 Å². The van der Waals surface area contributed by atoms with Crippen LogP contribution in [0.15, 0.2) is 0 Å². The third-order valence-electron chi connectivity index (χ3n) is 1.90. The molecular weight excluding hydrogens is 208 g/mol. The molecule has 16 heavy (non-hydrogen) atoms. The molecule has 0 aliphatic rings. The monoisotopic (exact) mass is 230 g/mol. The number of hydrogen-bond donors (Lipinski definition) is 2. The largest absolute Gasteiger partial charge is 0.469 e. The Morgan fingerprint density at radius 2 is 1.88 bits per heavy atom. The average Bonchev–Trinajstić information content (AvgIpc) is 2.14. The molecule has 0 aliphatic heterocycles. The fourth-order valence-electron chi connectivity index (χ4n) is 1.06. The zero-order chi connectivity index (χ0) is 12.8. The zero-order valence-electron chi connectivity index (χ0n) is 10.7. The minimum Gasteiger partial charge on any atom is -0.469 e. The van der Waals surface area contributed by atoms with E-state index < -0.39 is 0 Å². The van der Waals surface area contributed by atoms with Gasteiger partial charge in [-0.05, 0) is 27.7 Å². The van der Waals surface area contributed by atoms with E-state index in [4.69, 9.17) is 0 Å². The Morgan fingerprint density at radius 3 is 2.31 bits per heavy atom. The van der Waals surface area contributed by atoms with E-state index in [1.165, 1.54) is 7.11 Å². The van der Waals surface area contributed by atoms with Gasteiger partial charge in [-0.1, -0.05) is 0 Å². The van der Waals surface area contributed by atoms with Gasteiger partial charge in [0.15, 0.2) is 0 Å². The van der Waals surface area contributed by atoms with Crippen molar-refractivity contribution in [2.45, 2.75) is 45.7 Å². The summed E-state index contributed by atoms with van der Waals surface area (Å²) in [7, 11) is 1.35. The lowest BCUT2D eigenvalue weighted by molar-refractivity contribution is -0.140. The molecular formula is C11H22N2O3. The summed E-state index contributed by atoms with van der Waals surface area (Å²) in [5.41, 5.74) is -0.241. The van der Waals surface area contributed by atoms with Gasteiger partial charge in [-0.15, -0.1) is 0 Å². The molecule has 0 saturated heterocycles. The van der Waals surface area contributed by atoms with Gasteiger partial charge in [0.25, 0.3) is 0 Å². The van der Waals surface area contributed by atoms with E-state index in [2.05, 4.69) is 15.4 Å². The summed E-state index contributed by atoms with van der Waals surface area (Å²) in [6.45, 7) is 7.97. The van der Waals surface area contributed by atoms with Crippen LogP contribution >= 0.6 is 0 Å². The predicted molar refractivity (Wildman–Crippen MR) is 62.0 cm³/mol. The molecule has 2 N–H and O–H groups in total. The smallest absolute Gasteiger partial charge is 0.306 e. The highest BCUT2D eigenvalue weighted by molar-refractivity contribution is 5.82. The van der Waals surface area contributed by atoms with Crippen LogP contribution in [0.5, 0.6) is 0 Å². The van der Waals surface area contributed by atoms with Crippen molar-refractivity contribution < 1.29 is 14.3 Å². The van der Waals surface area contributed by atoms with Gasteiger partial charge in [0.1, 0.15) is 0 Å². The summed E-state index contributed by atoms with van der Waals surface area (Å²) >= 11 is 0. The highest BCUT2D eigenvalue weighted by Gasteiger charge is 2.18. The van der Waals surface area contributed by atoms with Crippen LogP contribution in [-0.4, -0.2) is 37.1 Å². The second-order valence-corrected chi connectivity index (χ2v) is 4.74. The van der Waals surface area contributed by atoms with Crippen LogP contribution < -0.4 is 10.6 Å².